The first-order valence-electron chi connectivity index (χ1n) is 14.6. The molecule has 4 aromatic rings. The monoisotopic (exact) mass is 604 g/mol. The van der Waals surface area contributed by atoms with E-state index in [2.05, 4.69) is 51.1 Å². The molecule has 0 aliphatic heterocycles. The van der Waals surface area contributed by atoms with Gasteiger partial charge in [-0.15, -0.1) is 0 Å². The fourth-order valence-electron chi connectivity index (χ4n) is 4.98. The molecule has 0 radical (unpaired) electrons. The first kappa shape index (κ1) is 32.3. The van der Waals surface area contributed by atoms with Gasteiger partial charge in [-0.3, -0.25) is 4.68 Å². The molecule has 43 heavy (non-hydrogen) atoms. The van der Waals surface area contributed by atoms with Crippen molar-refractivity contribution in [3.63, 3.8) is 0 Å². The van der Waals surface area contributed by atoms with Gasteiger partial charge in [-0.25, -0.2) is 4.79 Å². The van der Waals surface area contributed by atoms with E-state index >= 15 is 0 Å². The van der Waals surface area contributed by atoms with Gasteiger partial charge >= 0.3 is 5.97 Å². The maximum Gasteiger partial charge on any atom is 0.337 e. The summed E-state index contributed by atoms with van der Waals surface area (Å²) in [5.74, 6) is 0.417. The zero-order chi connectivity index (χ0) is 31.4. The number of ether oxygens (including phenoxy) is 3. The lowest BCUT2D eigenvalue weighted by Gasteiger charge is -2.39. The van der Waals surface area contributed by atoms with E-state index in [1.807, 2.05) is 43.3 Å². The summed E-state index contributed by atoms with van der Waals surface area (Å²) in [6.07, 6.45) is 1.67. The van der Waals surface area contributed by atoms with Crippen LogP contribution in [0.15, 0.2) is 66.9 Å². The van der Waals surface area contributed by atoms with Crippen LogP contribution in [-0.4, -0.2) is 56.3 Å². The maximum atomic E-state index is 12.0. The van der Waals surface area contributed by atoms with Gasteiger partial charge in [0.15, 0.2) is 8.32 Å². The SMILES string of the molecule is COc1cc(C(COC(CCn2ncc3cccc(C(=O)O)c32)O[Si](C)(C)C(C)(C)C)c2ccccc2)cc(OC)c1C. The normalized spacial score (nSPS) is 13.6. The number of rotatable bonds is 13. The molecule has 0 saturated heterocycles. The van der Waals surface area contributed by atoms with Crippen LogP contribution in [0.1, 0.15) is 60.2 Å². The molecule has 1 heterocycles. The molecule has 0 spiro atoms. The molecule has 0 amide bonds. The highest BCUT2D eigenvalue weighted by molar-refractivity contribution is 6.74. The number of carboxylic acid groups (broad SMARTS) is 1. The minimum Gasteiger partial charge on any atom is -0.496 e. The number of carboxylic acids is 1. The molecular formula is C34H44N2O6Si. The highest BCUT2D eigenvalue weighted by Gasteiger charge is 2.39. The number of hydrogen-bond acceptors (Lipinski definition) is 6. The fraction of sp³-hybridized carbons (Fsp3) is 0.412. The molecule has 9 heteroatoms. The predicted molar refractivity (Wildman–Crippen MR) is 172 cm³/mol. The average molecular weight is 605 g/mol. The third-order valence-corrected chi connectivity index (χ3v) is 13.0. The minimum absolute atomic E-state index is 0.0278. The Morgan fingerprint density at radius 1 is 0.977 bits per heavy atom. The van der Waals surface area contributed by atoms with Gasteiger partial charge in [0.25, 0.3) is 0 Å². The van der Waals surface area contributed by atoms with Crippen molar-refractivity contribution < 1.29 is 28.5 Å². The Labute approximate surface area is 255 Å². The zero-order valence-electron chi connectivity index (χ0n) is 26.5. The summed E-state index contributed by atoms with van der Waals surface area (Å²) in [5.41, 5.74) is 3.88. The van der Waals surface area contributed by atoms with Gasteiger partial charge in [0.05, 0.1) is 38.1 Å². The minimum atomic E-state index is -2.23. The van der Waals surface area contributed by atoms with Gasteiger partial charge in [-0.2, -0.15) is 5.10 Å². The molecule has 230 valence electrons. The van der Waals surface area contributed by atoms with Crippen LogP contribution in [0.3, 0.4) is 0 Å². The summed E-state index contributed by atoms with van der Waals surface area (Å²) in [5, 5.41) is 15.1. The van der Waals surface area contributed by atoms with Gasteiger partial charge in [-0.1, -0.05) is 63.2 Å². The van der Waals surface area contributed by atoms with E-state index < -0.39 is 20.6 Å². The highest BCUT2D eigenvalue weighted by atomic mass is 28.4. The molecule has 3 aromatic carbocycles. The molecule has 0 aliphatic rings. The van der Waals surface area contributed by atoms with Crippen LogP contribution in [0.25, 0.3) is 10.9 Å². The lowest BCUT2D eigenvalue weighted by atomic mass is 9.91. The van der Waals surface area contributed by atoms with Crippen LogP contribution in [0, 0.1) is 6.92 Å². The van der Waals surface area contributed by atoms with E-state index in [4.69, 9.17) is 18.6 Å². The second-order valence-electron chi connectivity index (χ2n) is 12.4. The molecule has 0 saturated carbocycles. The summed E-state index contributed by atoms with van der Waals surface area (Å²) in [7, 11) is 1.10. The van der Waals surface area contributed by atoms with E-state index in [1.165, 1.54) is 0 Å². The summed E-state index contributed by atoms with van der Waals surface area (Å²) in [4.78, 5) is 12.0. The number of aryl methyl sites for hydroxylation is 1. The van der Waals surface area contributed by atoms with Gasteiger partial charge in [0.1, 0.15) is 17.8 Å². The quantitative estimate of drug-likeness (QED) is 0.124. The van der Waals surface area contributed by atoms with E-state index in [-0.39, 0.29) is 16.5 Å². The molecule has 1 N–H and O–H groups in total. The van der Waals surface area contributed by atoms with Crippen molar-refractivity contribution >= 4 is 25.2 Å². The largest absolute Gasteiger partial charge is 0.496 e. The number of benzene rings is 3. The summed E-state index contributed by atoms with van der Waals surface area (Å²) in [6.45, 7) is 13.8. The fourth-order valence-corrected chi connectivity index (χ4v) is 6.17. The smallest absolute Gasteiger partial charge is 0.337 e. The highest BCUT2D eigenvalue weighted by Crippen LogP contribution is 2.39. The van der Waals surface area contributed by atoms with Crippen molar-refractivity contribution in [1.82, 2.24) is 9.78 Å². The lowest BCUT2D eigenvalue weighted by Crippen LogP contribution is -2.45. The maximum absolute atomic E-state index is 12.0. The number of aromatic nitrogens is 2. The third-order valence-electron chi connectivity index (χ3n) is 8.53. The average Bonchev–Trinajstić information content (AvgIpc) is 3.39. The molecule has 0 fully saturated rings. The molecule has 1 aromatic heterocycles. The van der Waals surface area contributed by atoms with Crippen LogP contribution < -0.4 is 9.47 Å². The van der Waals surface area contributed by atoms with Gasteiger partial charge in [0, 0.05) is 29.8 Å². The molecule has 0 aliphatic carbocycles. The van der Waals surface area contributed by atoms with Gasteiger partial charge in [0.2, 0.25) is 0 Å². The Bertz CT molecular complexity index is 1520. The van der Waals surface area contributed by atoms with E-state index in [1.54, 1.807) is 37.2 Å². The summed E-state index contributed by atoms with van der Waals surface area (Å²) < 4.78 is 26.6. The van der Waals surface area contributed by atoms with Gasteiger partial charge < -0.3 is 23.7 Å². The molecule has 2 unspecified atom stereocenters. The first-order chi connectivity index (χ1) is 20.4. The van der Waals surface area contributed by atoms with Crippen LogP contribution in [0.5, 0.6) is 11.5 Å². The van der Waals surface area contributed by atoms with Crippen LogP contribution in [-0.2, 0) is 15.7 Å². The molecule has 8 nitrogen and oxygen atoms in total. The van der Waals surface area contributed by atoms with Crippen molar-refractivity contribution in [2.75, 3.05) is 20.8 Å². The number of carbonyl (C=O) groups is 1. The number of methoxy groups -OCH3 is 2. The van der Waals surface area contributed by atoms with Crippen molar-refractivity contribution in [2.24, 2.45) is 0 Å². The third kappa shape index (κ3) is 7.29. The van der Waals surface area contributed by atoms with E-state index in [9.17, 15) is 9.90 Å². The lowest BCUT2D eigenvalue weighted by molar-refractivity contribution is -0.0969. The van der Waals surface area contributed by atoms with E-state index in [0.29, 0.717) is 25.1 Å². The Morgan fingerprint density at radius 2 is 1.63 bits per heavy atom. The Kier molecular flexibility index (Phi) is 9.99. The first-order valence-corrected chi connectivity index (χ1v) is 17.5. The van der Waals surface area contributed by atoms with Crippen LogP contribution in [0.2, 0.25) is 18.1 Å². The van der Waals surface area contributed by atoms with Crippen molar-refractivity contribution in [1.29, 1.82) is 0 Å². The number of fused-ring (bicyclic) bond motifs is 1. The van der Waals surface area contributed by atoms with Crippen LogP contribution in [0.4, 0.5) is 0 Å². The second kappa shape index (κ2) is 13.3. The van der Waals surface area contributed by atoms with Gasteiger partial charge in [-0.05, 0) is 54.4 Å². The Morgan fingerprint density at radius 3 is 2.21 bits per heavy atom. The van der Waals surface area contributed by atoms with Crippen molar-refractivity contribution in [3.8, 4) is 11.5 Å². The van der Waals surface area contributed by atoms with Crippen molar-refractivity contribution in [2.45, 2.75) is 71.0 Å². The second-order valence-corrected chi connectivity index (χ2v) is 17.1. The van der Waals surface area contributed by atoms with E-state index in [0.717, 1.165) is 33.6 Å². The molecular weight excluding hydrogens is 560 g/mol. The predicted octanol–water partition coefficient (Wildman–Crippen LogP) is 7.65. The Hall–Kier alpha value is -3.66. The summed E-state index contributed by atoms with van der Waals surface area (Å²) in [6, 6.07) is 19.6. The Balaban J connectivity index is 1.67. The molecule has 4 rings (SSSR count). The van der Waals surface area contributed by atoms with Crippen molar-refractivity contribution in [3.05, 3.63) is 89.1 Å². The number of nitrogens with zero attached hydrogens (tertiary/aromatic N) is 2. The molecule has 0 bridgehead atoms. The van der Waals surface area contributed by atoms with Crippen LogP contribution >= 0.6 is 0 Å². The molecule has 2 atom stereocenters. The number of para-hydroxylation sites is 1. The number of hydrogen-bond donors (Lipinski definition) is 1. The number of aromatic carboxylic acids is 1. The standard InChI is InChI=1S/C34H44N2O6Si/c1-23-29(39-5)19-26(20-30(23)40-6)28(24-13-10-9-11-14-24)22-41-31(42-43(7,8)34(2,3)4)17-18-36-32-25(21-35-36)15-12-16-27(32)33(37)38/h9-16,19-21,28,31H,17-18,22H2,1-8H3,(H,37,38). The topological polar surface area (TPSA) is 92.0 Å². The zero-order valence-corrected chi connectivity index (χ0v) is 27.5. The summed E-state index contributed by atoms with van der Waals surface area (Å²) >= 11 is 0.